The highest BCUT2D eigenvalue weighted by molar-refractivity contribution is 5.85. The van der Waals surface area contributed by atoms with Crippen molar-refractivity contribution in [1.29, 1.82) is 0 Å². The molecular weight excluding hydrogens is 138 g/mol. The Kier molecular flexibility index (Phi) is 2.76. The number of carboxylic acids is 1. The maximum absolute atomic E-state index is 9.96. The van der Waals surface area contributed by atoms with E-state index in [0.29, 0.717) is 0 Å². The maximum atomic E-state index is 9.96. The first kappa shape index (κ1) is 8.28. The van der Waals surface area contributed by atoms with E-state index in [4.69, 9.17) is 5.11 Å². The summed E-state index contributed by atoms with van der Waals surface area (Å²) in [5.41, 5.74) is 8.04. The van der Waals surface area contributed by atoms with Crippen molar-refractivity contribution < 1.29 is 14.7 Å². The van der Waals surface area contributed by atoms with Gasteiger partial charge in [-0.15, -0.1) is 0 Å². The van der Waals surface area contributed by atoms with Crippen molar-refractivity contribution in [3.8, 4) is 0 Å². The Hall–Kier alpha value is -1.72. The molecule has 0 aliphatic heterocycles. The van der Waals surface area contributed by atoms with Crippen molar-refractivity contribution in [3.63, 3.8) is 0 Å². The van der Waals surface area contributed by atoms with Crippen LogP contribution in [0, 0.1) is 0 Å². The second-order valence-electron chi connectivity index (χ2n) is 1.40. The zero-order valence-electron chi connectivity index (χ0n) is 5.05. The maximum Gasteiger partial charge on any atom is 0.353 e. The Morgan fingerprint density at radius 2 is 1.90 bits per heavy atom. The van der Waals surface area contributed by atoms with Gasteiger partial charge in [-0.05, 0) is 0 Å². The molecule has 56 valence electrons. The standard InChI is InChI=1S/C4H7N3O3/c1-2(3(8)9)6-7-4(5)10/h6H,1H2,(H,8,9)(H3,5,7,10). The van der Waals surface area contributed by atoms with Crippen molar-refractivity contribution in [2.45, 2.75) is 0 Å². The number of primary amides is 1. The van der Waals surface area contributed by atoms with E-state index in [9.17, 15) is 9.59 Å². The van der Waals surface area contributed by atoms with Crippen LogP contribution in [0.4, 0.5) is 4.79 Å². The number of aliphatic carboxylic acids is 1. The van der Waals surface area contributed by atoms with Crippen LogP contribution < -0.4 is 16.6 Å². The summed E-state index contributed by atoms with van der Waals surface area (Å²) in [6.07, 6.45) is 0. The van der Waals surface area contributed by atoms with E-state index >= 15 is 0 Å². The third kappa shape index (κ3) is 3.30. The van der Waals surface area contributed by atoms with Crippen LogP contribution in [0.5, 0.6) is 0 Å². The first-order valence-corrected chi connectivity index (χ1v) is 2.27. The molecule has 0 saturated heterocycles. The van der Waals surface area contributed by atoms with E-state index in [1.54, 1.807) is 0 Å². The Morgan fingerprint density at radius 1 is 1.40 bits per heavy atom. The Labute approximate surface area is 56.7 Å². The molecule has 6 nitrogen and oxygen atoms in total. The van der Waals surface area contributed by atoms with Gasteiger partial charge in [-0.1, -0.05) is 6.58 Å². The molecule has 0 aliphatic carbocycles. The van der Waals surface area contributed by atoms with Gasteiger partial charge in [-0.2, -0.15) is 0 Å². The molecule has 0 radical (unpaired) electrons. The molecule has 6 heteroatoms. The molecule has 0 saturated carbocycles. The van der Waals surface area contributed by atoms with Gasteiger partial charge in [0.2, 0.25) is 0 Å². The first-order chi connectivity index (χ1) is 4.54. The van der Waals surface area contributed by atoms with Crippen LogP contribution in [0.15, 0.2) is 12.3 Å². The third-order valence-electron chi connectivity index (χ3n) is 0.595. The first-order valence-electron chi connectivity index (χ1n) is 2.27. The quantitative estimate of drug-likeness (QED) is 0.294. The number of hydrazine groups is 1. The number of urea groups is 1. The molecule has 2 amide bonds. The molecule has 0 unspecified atom stereocenters. The molecular formula is C4H7N3O3. The van der Waals surface area contributed by atoms with Crippen molar-refractivity contribution in [2.24, 2.45) is 5.73 Å². The monoisotopic (exact) mass is 145 g/mol. The summed E-state index contributed by atoms with van der Waals surface area (Å²) in [5, 5.41) is 8.14. The van der Waals surface area contributed by atoms with Crippen molar-refractivity contribution in [2.75, 3.05) is 0 Å². The second-order valence-corrected chi connectivity index (χ2v) is 1.40. The number of rotatable bonds is 3. The van der Waals surface area contributed by atoms with Gasteiger partial charge in [-0.3, -0.25) is 10.9 Å². The topological polar surface area (TPSA) is 104 Å². The average Bonchev–Trinajstić information content (AvgIpc) is 1.82. The lowest BCUT2D eigenvalue weighted by Crippen LogP contribution is -2.41. The van der Waals surface area contributed by atoms with Crippen molar-refractivity contribution >= 4 is 12.0 Å². The summed E-state index contributed by atoms with van der Waals surface area (Å²) < 4.78 is 0. The lowest BCUT2D eigenvalue weighted by atomic mass is 10.5. The molecule has 0 bridgehead atoms. The lowest BCUT2D eigenvalue weighted by molar-refractivity contribution is -0.133. The van der Waals surface area contributed by atoms with Crippen LogP contribution in [-0.2, 0) is 4.79 Å². The fourth-order valence-electron chi connectivity index (χ4n) is 0.191. The highest BCUT2D eigenvalue weighted by Crippen LogP contribution is 1.77. The molecule has 0 aliphatic rings. The number of carboxylic acid groups (broad SMARTS) is 1. The van der Waals surface area contributed by atoms with Crippen molar-refractivity contribution in [3.05, 3.63) is 12.3 Å². The second kappa shape index (κ2) is 3.33. The summed E-state index contributed by atoms with van der Waals surface area (Å²) in [7, 11) is 0. The van der Waals surface area contributed by atoms with Gasteiger partial charge in [0, 0.05) is 0 Å². The lowest BCUT2D eigenvalue weighted by Gasteiger charge is -2.02. The zero-order valence-corrected chi connectivity index (χ0v) is 5.05. The summed E-state index contributed by atoms with van der Waals surface area (Å²) in [5.74, 6) is -1.26. The van der Waals surface area contributed by atoms with E-state index in [-0.39, 0.29) is 5.70 Å². The van der Waals surface area contributed by atoms with Gasteiger partial charge >= 0.3 is 12.0 Å². The number of nitrogens with one attached hydrogen (secondary N) is 2. The van der Waals surface area contributed by atoms with E-state index in [1.807, 2.05) is 10.9 Å². The van der Waals surface area contributed by atoms with E-state index in [1.165, 1.54) is 0 Å². The van der Waals surface area contributed by atoms with Crippen LogP contribution >= 0.6 is 0 Å². The minimum absolute atomic E-state index is 0.348. The van der Waals surface area contributed by atoms with E-state index < -0.39 is 12.0 Å². The van der Waals surface area contributed by atoms with Crippen LogP contribution in [0.1, 0.15) is 0 Å². The van der Waals surface area contributed by atoms with Crippen LogP contribution in [0.25, 0.3) is 0 Å². The molecule has 5 N–H and O–H groups in total. The Morgan fingerprint density at radius 3 is 2.20 bits per heavy atom. The Balaban J connectivity index is 3.60. The number of amides is 2. The van der Waals surface area contributed by atoms with Gasteiger partial charge < -0.3 is 10.8 Å². The fraction of sp³-hybridized carbons (Fsp3) is 0. The predicted octanol–water partition coefficient (Wildman–Crippen LogP) is -1.24. The molecule has 10 heavy (non-hydrogen) atoms. The van der Waals surface area contributed by atoms with Gasteiger partial charge in [0.05, 0.1) is 0 Å². The molecule has 0 spiro atoms. The summed E-state index contributed by atoms with van der Waals surface area (Å²) in [6, 6.07) is -0.873. The minimum atomic E-state index is -1.26. The van der Waals surface area contributed by atoms with Gasteiger partial charge in [0.25, 0.3) is 0 Å². The van der Waals surface area contributed by atoms with Gasteiger partial charge in [-0.25, -0.2) is 9.59 Å². The highest BCUT2D eigenvalue weighted by atomic mass is 16.4. The van der Waals surface area contributed by atoms with Crippen LogP contribution in [0.3, 0.4) is 0 Å². The Bertz CT molecular complexity index is 177. The molecule has 0 aromatic rings. The summed E-state index contributed by atoms with van der Waals surface area (Å²) in [4.78, 5) is 19.9. The summed E-state index contributed by atoms with van der Waals surface area (Å²) in [6.45, 7) is 3.05. The molecule has 0 aromatic carbocycles. The highest BCUT2D eigenvalue weighted by Gasteiger charge is 2.01. The number of carbonyl (C=O) groups excluding carboxylic acids is 1. The van der Waals surface area contributed by atoms with Crippen LogP contribution in [0.2, 0.25) is 0 Å². The number of carbonyl (C=O) groups is 2. The van der Waals surface area contributed by atoms with Crippen molar-refractivity contribution in [1.82, 2.24) is 10.9 Å². The van der Waals surface area contributed by atoms with E-state index in [0.717, 1.165) is 0 Å². The molecule has 0 heterocycles. The molecule has 0 aromatic heterocycles. The molecule has 0 rings (SSSR count). The SMILES string of the molecule is C=C(NNC(N)=O)C(=O)O. The molecule has 0 fully saturated rings. The zero-order chi connectivity index (χ0) is 8.15. The van der Waals surface area contributed by atoms with Gasteiger partial charge in [0.15, 0.2) is 0 Å². The predicted molar refractivity (Wildman–Crippen MR) is 32.6 cm³/mol. The summed E-state index contributed by atoms with van der Waals surface area (Å²) >= 11 is 0. The third-order valence-corrected chi connectivity index (χ3v) is 0.595. The van der Waals surface area contributed by atoms with Crippen LogP contribution in [-0.4, -0.2) is 17.1 Å². The number of hydrogen-bond donors (Lipinski definition) is 4. The van der Waals surface area contributed by atoms with Gasteiger partial charge in [0.1, 0.15) is 5.70 Å². The smallest absolute Gasteiger partial charge is 0.353 e. The average molecular weight is 145 g/mol. The van der Waals surface area contributed by atoms with E-state index in [2.05, 4.69) is 12.3 Å². The molecule has 0 atom stereocenters. The largest absolute Gasteiger partial charge is 0.477 e. The normalized spacial score (nSPS) is 8.00. The number of hydrogen-bond acceptors (Lipinski definition) is 3. The fourth-order valence-corrected chi connectivity index (χ4v) is 0.191. The number of nitrogens with two attached hydrogens (primary N) is 1. The minimum Gasteiger partial charge on any atom is -0.477 e.